The van der Waals surface area contributed by atoms with Gasteiger partial charge in [0.25, 0.3) is 0 Å². The van der Waals surface area contributed by atoms with Gasteiger partial charge in [0.2, 0.25) is 15.9 Å². The number of halogens is 2. The molecule has 0 aliphatic carbocycles. The molecule has 0 saturated carbocycles. The molecule has 0 radical (unpaired) electrons. The van der Waals surface area contributed by atoms with Gasteiger partial charge in [-0.05, 0) is 47.0 Å². The van der Waals surface area contributed by atoms with Crippen LogP contribution in [0.2, 0.25) is 0 Å². The molecule has 0 aromatic heterocycles. The van der Waals surface area contributed by atoms with Gasteiger partial charge < -0.3 is 5.32 Å². The predicted octanol–water partition coefficient (Wildman–Crippen LogP) is 2.50. The summed E-state index contributed by atoms with van der Waals surface area (Å²) in [4.78, 5) is 11.3. The van der Waals surface area contributed by atoms with Gasteiger partial charge in [0.05, 0.1) is 4.90 Å². The summed E-state index contributed by atoms with van der Waals surface area (Å²) < 4.78 is 28.1. The monoisotopic (exact) mass is 438 g/mol. The molecule has 1 heterocycles. The molecule has 8 heteroatoms. The molecular weight excluding hydrogens is 424 g/mol. The van der Waals surface area contributed by atoms with Crippen molar-refractivity contribution in [3.63, 3.8) is 0 Å². The van der Waals surface area contributed by atoms with E-state index in [2.05, 4.69) is 37.2 Å². The zero-order chi connectivity index (χ0) is 15.6. The number of hydrogen-bond donors (Lipinski definition) is 1. The molecule has 1 aromatic carbocycles. The van der Waals surface area contributed by atoms with Crippen molar-refractivity contribution in [3.8, 4) is 0 Å². The molecular formula is C13H16Br2N2O3S. The topological polar surface area (TPSA) is 66.5 Å². The first kappa shape index (κ1) is 16.9. The van der Waals surface area contributed by atoms with Crippen LogP contribution in [-0.2, 0) is 14.8 Å². The lowest BCUT2D eigenvalue weighted by molar-refractivity contribution is -0.119. The number of hydrogen-bond acceptors (Lipinski definition) is 3. The van der Waals surface area contributed by atoms with Crippen molar-refractivity contribution in [1.29, 1.82) is 0 Å². The lowest BCUT2D eigenvalue weighted by Gasteiger charge is -2.31. The molecule has 0 atom stereocenters. The summed E-state index contributed by atoms with van der Waals surface area (Å²) in [6.45, 7) is 2.29. The fourth-order valence-corrected chi connectivity index (χ4v) is 5.27. The largest absolute Gasteiger partial charge is 0.354 e. The first-order chi connectivity index (χ1) is 9.80. The molecule has 21 heavy (non-hydrogen) atoms. The molecule has 1 aliphatic heterocycles. The highest BCUT2D eigenvalue weighted by molar-refractivity contribution is 9.11. The normalized spacial score (nSPS) is 17.7. The van der Waals surface area contributed by atoms with E-state index in [0.717, 1.165) is 4.47 Å². The first-order valence-corrected chi connectivity index (χ1v) is 9.55. The Balaban J connectivity index is 2.15. The van der Waals surface area contributed by atoms with Crippen molar-refractivity contribution in [3.05, 3.63) is 27.1 Å². The Morgan fingerprint density at radius 3 is 2.48 bits per heavy atom. The maximum Gasteiger partial charge on any atom is 0.244 e. The number of sulfonamides is 1. The summed E-state index contributed by atoms with van der Waals surface area (Å²) in [6, 6.07) is 5.15. The van der Waals surface area contributed by atoms with Crippen LogP contribution in [0.3, 0.4) is 0 Å². The van der Waals surface area contributed by atoms with Crippen LogP contribution in [0, 0.1) is 0 Å². The zero-order valence-electron chi connectivity index (χ0n) is 11.5. The molecule has 0 bridgehead atoms. The van der Waals surface area contributed by atoms with E-state index in [9.17, 15) is 13.2 Å². The Morgan fingerprint density at radius 1 is 1.29 bits per heavy atom. The third kappa shape index (κ3) is 4.06. The van der Waals surface area contributed by atoms with Crippen LogP contribution in [0.15, 0.2) is 32.0 Å². The minimum atomic E-state index is -3.52. The summed E-state index contributed by atoms with van der Waals surface area (Å²) >= 11 is 6.59. The van der Waals surface area contributed by atoms with E-state index in [1.165, 1.54) is 11.2 Å². The van der Waals surface area contributed by atoms with Crippen LogP contribution in [0.1, 0.15) is 19.8 Å². The van der Waals surface area contributed by atoms with Crippen molar-refractivity contribution in [2.24, 2.45) is 0 Å². The average molecular weight is 440 g/mol. The summed E-state index contributed by atoms with van der Waals surface area (Å²) in [5, 5.41) is 2.84. The quantitative estimate of drug-likeness (QED) is 0.786. The summed E-state index contributed by atoms with van der Waals surface area (Å²) in [5.41, 5.74) is 0. The van der Waals surface area contributed by atoms with Crippen LogP contribution in [0.25, 0.3) is 0 Å². The highest BCUT2D eigenvalue weighted by Crippen LogP contribution is 2.29. The van der Waals surface area contributed by atoms with Gasteiger partial charge in [-0.1, -0.05) is 15.9 Å². The fourth-order valence-electron chi connectivity index (χ4n) is 2.34. The number of rotatable bonds is 3. The number of benzene rings is 1. The average Bonchev–Trinajstić information content (AvgIpc) is 2.41. The van der Waals surface area contributed by atoms with Crippen LogP contribution in [-0.4, -0.2) is 37.8 Å². The van der Waals surface area contributed by atoms with Crippen molar-refractivity contribution >= 4 is 47.8 Å². The maximum atomic E-state index is 12.7. The van der Waals surface area contributed by atoms with Crippen molar-refractivity contribution < 1.29 is 13.2 Å². The Kier molecular flexibility index (Phi) is 5.45. The Labute approximate surface area is 141 Å². The lowest BCUT2D eigenvalue weighted by atomic mass is 10.1. The van der Waals surface area contributed by atoms with Gasteiger partial charge in [-0.3, -0.25) is 4.79 Å². The van der Waals surface area contributed by atoms with Crippen LogP contribution in [0.4, 0.5) is 0 Å². The number of piperidine rings is 1. The molecule has 1 amide bonds. The Bertz CT molecular complexity index is 641. The highest BCUT2D eigenvalue weighted by Gasteiger charge is 2.31. The smallest absolute Gasteiger partial charge is 0.244 e. The number of carbonyl (C=O) groups excluding carboxylic acids is 1. The molecule has 116 valence electrons. The zero-order valence-corrected chi connectivity index (χ0v) is 15.5. The van der Waals surface area contributed by atoms with Gasteiger partial charge in [-0.15, -0.1) is 0 Å². The summed E-state index contributed by atoms with van der Waals surface area (Å²) in [7, 11) is -3.52. The number of amides is 1. The molecule has 1 aliphatic rings. The second-order valence-electron chi connectivity index (χ2n) is 4.95. The minimum absolute atomic E-state index is 0.0555. The molecule has 1 fully saturated rings. The lowest BCUT2D eigenvalue weighted by Crippen LogP contribution is -2.46. The highest BCUT2D eigenvalue weighted by atomic mass is 79.9. The van der Waals surface area contributed by atoms with Gasteiger partial charge >= 0.3 is 0 Å². The Hall–Kier alpha value is -0.440. The van der Waals surface area contributed by atoms with Gasteiger partial charge in [0.15, 0.2) is 0 Å². The Morgan fingerprint density at radius 2 is 1.90 bits per heavy atom. The predicted molar refractivity (Wildman–Crippen MR) is 87.4 cm³/mol. The van der Waals surface area contributed by atoms with E-state index in [1.54, 1.807) is 18.2 Å². The third-order valence-corrected chi connectivity index (χ3v) is 6.76. The molecule has 0 unspecified atom stereocenters. The maximum absolute atomic E-state index is 12.7. The third-order valence-electron chi connectivity index (χ3n) is 3.37. The molecule has 0 spiro atoms. The van der Waals surface area contributed by atoms with E-state index in [4.69, 9.17) is 0 Å². The first-order valence-electron chi connectivity index (χ1n) is 6.53. The fraction of sp³-hybridized carbons (Fsp3) is 0.462. The van der Waals surface area contributed by atoms with Gasteiger partial charge in [0.1, 0.15) is 0 Å². The molecule has 1 N–H and O–H groups in total. The molecule has 1 aromatic rings. The standard InChI is InChI=1S/C13H16Br2N2O3S/c1-9(18)16-11-4-6-17(7-5-11)21(19,20)13-8-10(14)2-3-12(13)15/h2-3,8,11H,4-7H2,1H3,(H,16,18). The number of nitrogens with zero attached hydrogens (tertiary/aromatic N) is 1. The van der Waals surface area contributed by atoms with E-state index >= 15 is 0 Å². The van der Waals surface area contributed by atoms with E-state index in [1.807, 2.05) is 0 Å². The second-order valence-corrected chi connectivity index (χ2v) is 8.63. The van der Waals surface area contributed by atoms with Crippen molar-refractivity contribution in [2.75, 3.05) is 13.1 Å². The minimum Gasteiger partial charge on any atom is -0.354 e. The van der Waals surface area contributed by atoms with Crippen LogP contribution in [0.5, 0.6) is 0 Å². The van der Waals surface area contributed by atoms with E-state index < -0.39 is 10.0 Å². The molecule has 5 nitrogen and oxygen atoms in total. The van der Waals surface area contributed by atoms with Gasteiger partial charge in [-0.2, -0.15) is 4.31 Å². The second kappa shape index (κ2) is 6.76. The van der Waals surface area contributed by atoms with Crippen LogP contribution >= 0.6 is 31.9 Å². The van der Waals surface area contributed by atoms with E-state index in [-0.39, 0.29) is 16.8 Å². The van der Waals surface area contributed by atoms with E-state index in [0.29, 0.717) is 30.4 Å². The summed E-state index contributed by atoms with van der Waals surface area (Å²) in [5.74, 6) is -0.0777. The van der Waals surface area contributed by atoms with Crippen molar-refractivity contribution in [2.45, 2.75) is 30.7 Å². The van der Waals surface area contributed by atoms with Gasteiger partial charge in [0, 0.05) is 35.0 Å². The van der Waals surface area contributed by atoms with Crippen LogP contribution < -0.4 is 5.32 Å². The van der Waals surface area contributed by atoms with Gasteiger partial charge in [-0.25, -0.2) is 8.42 Å². The number of carbonyl (C=O) groups is 1. The molecule has 1 saturated heterocycles. The van der Waals surface area contributed by atoms with Crippen molar-refractivity contribution in [1.82, 2.24) is 9.62 Å². The number of nitrogens with one attached hydrogen (secondary N) is 1. The SMILES string of the molecule is CC(=O)NC1CCN(S(=O)(=O)c2cc(Br)ccc2Br)CC1. The molecule has 2 rings (SSSR count). The summed E-state index contributed by atoms with van der Waals surface area (Å²) in [6.07, 6.45) is 1.26.